The second-order valence-corrected chi connectivity index (χ2v) is 13.5. The van der Waals surface area contributed by atoms with Crippen LogP contribution >= 0.6 is 23.2 Å². The van der Waals surface area contributed by atoms with Crippen LogP contribution in [0.25, 0.3) is 0 Å². The van der Waals surface area contributed by atoms with Gasteiger partial charge in [0.15, 0.2) is 0 Å². The Kier molecular flexibility index (Phi) is 7.81. The molecular formula is C33H34Cl2FN3O5. The quantitative estimate of drug-likeness (QED) is 0.330. The maximum Gasteiger partial charge on any atom is 0.246 e. The minimum Gasteiger partial charge on any atom is -0.494 e. The van der Waals surface area contributed by atoms with Gasteiger partial charge in [-0.1, -0.05) is 62.2 Å². The lowest BCUT2D eigenvalue weighted by Crippen LogP contribution is -2.52. The number of ether oxygens (including phenoxy) is 2. The van der Waals surface area contributed by atoms with Crippen molar-refractivity contribution >= 4 is 46.4 Å². The fraction of sp³-hybridized carbons (Fsp3) is 0.394. The predicted octanol–water partition coefficient (Wildman–Crippen LogP) is 5.98. The van der Waals surface area contributed by atoms with Crippen LogP contribution in [0.4, 0.5) is 15.8 Å². The Labute approximate surface area is 265 Å². The van der Waals surface area contributed by atoms with Gasteiger partial charge in [0.25, 0.3) is 0 Å². The Balaban J connectivity index is 1.56. The van der Waals surface area contributed by atoms with Crippen molar-refractivity contribution < 1.29 is 28.6 Å². The van der Waals surface area contributed by atoms with E-state index in [0.717, 1.165) is 0 Å². The standard InChI is InChI=1S/C33H34Cl2FN3O5/c1-32(2,3)16-26-33(21-10-8-18(34)14-23(21)37-31(33)42)27(20-6-5-7-22(35)28(20)36)29-30(41)38(17-39(26)29)24-11-9-19(44-13-12-40)15-25(24)43-4/h5-11,14-15,26-27,29,40H,12-13,16-17H2,1-4H3,(H,37,42)/t26?,27?,29-,33-/m1/s1. The normalized spacial score (nSPS) is 24.5. The van der Waals surface area contributed by atoms with Gasteiger partial charge in [0.2, 0.25) is 11.8 Å². The van der Waals surface area contributed by atoms with E-state index in [2.05, 4.69) is 26.1 Å². The van der Waals surface area contributed by atoms with E-state index in [4.69, 9.17) is 37.8 Å². The topological polar surface area (TPSA) is 91.3 Å². The fourth-order valence-corrected chi connectivity index (χ4v) is 7.65. The Morgan fingerprint density at radius 1 is 1.11 bits per heavy atom. The molecule has 3 aliphatic rings. The van der Waals surface area contributed by atoms with Crippen LogP contribution in [-0.2, 0) is 15.0 Å². The van der Waals surface area contributed by atoms with Crippen LogP contribution in [0.2, 0.25) is 10.0 Å². The van der Waals surface area contributed by atoms with Gasteiger partial charge in [-0.15, -0.1) is 0 Å². The van der Waals surface area contributed by atoms with Crippen LogP contribution in [-0.4, -0.2) is 60.9 Å². The zero-order valence-electron chi connectivity index (χ0n) is 24.9. The molecule has 2 saturated heterocycles. The Morgan fingerprint density at radius 2 is 1.89 bits per heavy atom. The first kappa shape index (κ1) is 30.6. The molecule has 6 rings (SSSR count). The number of hydrogen-bond donors (Lipinski definition) is 2. The molecule has 0 saturated carbocycles. The van der Waals surface area contributed by atoms with E-state index < -0.39 is 29.2 Å². The molecule has 8 nitrogen and oxygen atoms in total. The van der Waals surface area contributed by atoms with Crippen LogP contribution in [0, 0.1) is 11.2 Å². The molecule has 44 heavy (non-hydrogen) atoms. The highest BCUT2D eigenvalue weighted by Crippen LogP contribution is 2.62. The molecule has 3 aliphatic heterocycles. The highest BCUT2D eigenvalue weighted by molar-refractivity contribution is 6.31. The van der Waals surface area contributed by atoms with Gasteiger partial charge in [0.05, 0.1) is 37.1 Å². The van der Waals surface area contributed by atoms with Gasteiger partial charge in [0.1, 0.15) is 29.3 Å². The molecule has 0 aliphatic carbocycles. The lowest BCUT2D eigenvalue weighted by molar-refractivity contribution is -0.122. The van der Waals surface area contributed by atoms with Crippen LogP contribution in [0.1, 0.15) is 44.2 Å². The lowest BCUT2D eigenvalue weighted by atomic mass is 9.62. The molecule has 4 atom stereocenters. The molecule has 2 N–H and O–H groups in total. The van der Waals surface area contributed by atoms with Gasteiger partial charge < -0.3 is 19.9 Å². The molecule has 2 amide bonds. The van der Waals surface area contributed by atoms with E-state index in [-0.39, 0.29) is 47.7 Å². The molecule has 0 bridgehead atoms. The Bertz CT molecular complexity index is 1650. The number of benzene rings is 3. The molecule has 0 aromatic heterocycles. The lowest BCUT2D eigenvalue weighted by Gasteiger charge is -2.40. The summed E-state index contributed by atoms with van der Waals surface area (Å²) in [5, 5.41) is 12.6. The van der Waals surface area contributed by atoms with Gasteiger partial charge in [-0.25, -0.2) is 4.39 Å². The van der Waals surface area contributed by atoms with Crippen LogP contribution in [0.5, 0.6) is 11.5 Å². The molecular weight excluding hydrogens is 608 g/mol. The number of rotatable bonds is 7. The van der Waals surface area contributed by atoms with Crippen molar-refractivity contribution in [1.82, 2.24) is 4.90 Å². The maximum atomic E-state index is 16.1. The molecule has 2 unspecified atom stereocenters. The highest BCUT2D eigenvalue weighted by Gasteiger charge is 2.71. The average Bonchev–Trinajstić information content (AvgIpc) is 3.55. The number of halogens is 3. The van der Waals surface area contributed by atoms with Crippen LogP contribution in [0.3, 0.4) is 0 Å². The van der Waals surface area contributed by atoms with E-state index in [0.29, 0.717) is 39.9 Å². The van der Waals surface area contributed by atoms with Gasteiger partial charge >= 0.3 is 0 Å². The number of hydrogen-bond acceptors (Lipinski definition) is 6. The third-order valence-electron chi connectivity index (χ3n) is 8.89. The summed E-state index contributed by atoms with van der Waals surface area (Å²) in [5.41, 5.74) is 0.384. The van der Waals surface area contributed by atoms with Crippen molar-refractivity contribution in [3.63, 3.8) is 0 Å². The Hall–Kier alpha value is -3.37. The van der Waals surface area contributed by atoms with Gasteiger partial charge in [-0.2, -0.15) is 0 Å². The van der Waals surface area contributed by atoms with Crippen LogP contribution < -0.4 is 19.7 Å². The van der Waals surface area contributed by atoms with E-state index in [1.807, 2.05) is 11.0 Å². The summed E-state index contributed by atoms with van der Waals surface area (Å²) < 4.78 is 27.3. The van der Waals surface area contributed by atoms with Crippen molar-refractivity contribution in [2.24, 2.45) is 5.41 Å². The molecule has 3 heterocycles. The zero-order valence-corrected chi connectivity index (χ0v) is 26.4. The number of aliphatic hydroxyl groups excluding tert-OH is 1. The first-order valence-corrected chi connectivity index (χ1v) is 15.2. The molecule has 0 radical (unpaired) electrons. The van der Waals surface area contributed by atoms with Gasteiger partial charge in [-0.3, -0.25) is 19.4 Å². The molecule has 3 aromatic carbocycles. The molecule has 11 heteroatoms. The molecule has 232 valence electrons. The maximum absolute atomic E-state index is 16.1. The van der Waals surface area contributed by atoms with Crippen molar-refractivity contribution in [1.29, 1.82) is 0 Å². The molecule has 1 spiro atoms. The number of fused-ring (bicyclic) bond motifs is 3. The van der Waals surface area contributed by atoms with Crippen molar-refractivity contribution in [3.05, 3.63) is 81.6 Å². The van der Waals surface area contributed by atoms with Crippen LogP contribution in [0.15, 0.2) is 54.6 Å². The summed E-state index contributed by atoms with van der Waals surface area (Å²) in [6, 6.07) is 13.7. The zero-order chi connectivity index (χ0) is 31.6. The first-order valence-electron chi connectivity index (χ1n) is 14.5. The van der Waals surface area contributed by atoms with Crippen molar-refractivity contribution in [3.8, 4) is 11.5 Å². The SMILES string of the molecule is COc1cc(OCCO)ccc1N1CN2C(CC(C)(C)C)[C@@]3(C(=O)Nc4cc(Cl)ccc43)C(c3cccc(Cl)c3F)[C@@H]2C1=O. The van der Waals surface area contributed by atoms with Crippen molar-refractivity contribution in [2.45, 2.75) is 50.6 Å². The van der Waals surface area contributed by atoms with E-state index in [1.165, 1.54) is 13.2 Å². The third kappa shape index (κ3) is 4.72. The number of anilines is 2. The number of methoxy groups -OCH3 is 1. The first-order chi connectivity index (χ1) is 20.9. The number of carbonyl (C=O) groups excluding carboxylic acids is 2. The second-order valence-electron chi connectivity index (χ2n) is 12.7. The van der Waals surface area contributed by atoms with Crippen molar-refractivity contribution in [2.75, 3.05) is 37.2 Å². The number of nitrogens with zero attached hydrogens (tertiary/aromatic N) is 2. The monoisotopic (exact) mass is 641 g/mol. The number of carbonyl (C=O) groups is 2. The Morgan fingerprint density at radius 3 is 2.59 bits per heavy atom. The van der Waals surface area contributed by atoms with Gasteiger partial charge in [-0.05, 0) is 53.3 Å². The summed E-state index contributed by atoms with van der Waals surface area (Å²) in [4.78, 5) is 32.8. The molecule has 3 aromatic rings. The average molecular weight is 643 g/mol. The number of amides is 2. The van der Waals surface area contributed by atoms with E-state index in [1.54, 1.807) is 47.4 Å². The smallest absolute Gasteiger partial charge is 0.246 e. The second kappa shape index (κ2) is 11.2. The van der Waals surface area contributed by atoms with Gasteiger partial charge in [0, 0.05) is 28.7 Å². The molecule has 2 fully saturated rings. The number of aliphatic hydroxyl groups is 1. The summed E-state index contributed by atoms with van der Waals surface area (Å²) in [7, 11) is 1.50. The van der Waals surface area contributed by atoms with E-state index in [9.17, 15) is 9.59 Å². The summed E-state index contributed by atoms with van der Waals surface area (Å²) in [5.74, 6) is -1.27. The third-order valence-corrected chi connectivity index (χ3v) is 9.42. The minimum atomic E-state index is -1.31. The largest absolute Gasteiger partial charge is 0.494 e. The highest BCUT2D eigenvalue weighted by atomic mass is 35.5. The number of nitrogens with one attached hydrogen (secondary N) is 1. The summed E-state index contributed by atoms with van der Waals surface area (Å²) in [6.45, 7) is 6.37. The fourth-order valence-electron chi connectivity index (χ4n) is 7.30. The summed E-state index contributed by atoms with van der Waals surface area (Å²) >= 11 is 12.7. The minimum absolute atomic E-state index is 0.0827. The predicted molar refractivity (Wildman–Crippen MR) is 167 cm³/mol. The van der Waals surface area contributed by atoms with E-state index >= 15 is 4.39 Å². The summed E-state index contributed by atoms with van der Waals surface area (Å²) in [6.07, 6.45) is 0.532.